The number of ether oxygens (including phenoxy) is 1. The molecule has 0 aromatic heterocycles. The number of carboxylic acid groups (broad SMARTS) is 1. The second-order valence-corrected chi connectivity index (χ2v) is 10.1. The standard InChI is InChI=1S/C33H27NO5/c35-27-17-15-24-18-23(14-16-26(24)34-27)22-12-7-13-25(19-22)39-33(38)31-28(20-8-3-1-4-9-20)30(32(36)37)29(31)21-10-5-2-6-11-21/h1-14,16,18-19,28-31H,15,17H2,(H,34,35)(H,36,37)/t28-,29-,30?,31?/m0/s1. The third-order valence-corrected chi connectivity index (χ3v) is 7.86. The smallest absolute Gasteiger partial charge is 0.315 e. The Balaban J connectivity index is 1.30. The van der Waals surface area contributed by atoms with E-state index in [4.69, 9.17) is 4.74 Å². The van der Waals surface area contributed by atoms with Gasteiger partial charge in [0.1, 0.15) is 5.75 Å². The Bertz CT molecular complexity index is 1500. The van der Waals surface area contributed by atoms with Crippen molar-refractivity contribution in [3.8, 4) is 16.9 Å². The lowest BCUT2D eigenvalue weighted by atomic mass is 9.52. The molecule has 1 fully saturated rings. The number of hydrogen-bond donors (Lipinski definition) is 2. The lowest BCUT2D eigenvalue weighted by Gasteiger charge is -2.48. The molecule has 2 N–H and O–H groups in total. The van der Waals surface area contributed by atoms with E-state index in [-0.39, 0.29) is 5.91 Å². The van der Waals surface area contributed by atoms with Gasteiger partial charge in [-0.05, 0) is 58.5 Å². The molecule has 1 heterocycles. The highest BCUT2D eigenvalue weighted by atomic mass is 16.5. The van der Waals surface area contributed by atoms with Crippen LogP contribution in [-0.2, 0) is 20.8 Å². The van der Waals surface area contributed by atoms with Crippen molar-refractivity contribution in [3.05, 3.63) is 120 Å². The minimum absolute atomic E-state index is 0.0212. The molecule has 2 aliphatic rings. The van der Waals surface area contributed by atoms with Crippen LogP contribution >= 0.6 is 0 Å². The first kappa shape index (κ1) is 24.6. The first-order valence-electron chi connectivity index (χ1n) is 13.1. The molecule has 0 spiro atoms. The van der Waals surface area contributed by atoms with Crippen molar-refractivity contribution < 1.29 is 24.2 Å². The first-order valence-corrected chi connectivity index (χ1v) is 13.1. The number of carbonyl (C=O) groups is 3. The normalized spacial score (nSPS) is 21.7. The summed E-state index contributed by atoms with van der Waals surface area (Å²) in [6, 6.07) is 31.9. The maximum absolute atomic E-state index is 13.7. The van der Waals surface area contributed by atoms with E-state index >= 15 is 0 Å². The Kier molecular flexibility index (Phi) is 6.45. The molecule has 1 saturated carbocycles. The molecule has 6 rings (SSSR count). The number of hydrogen-bond acceptors (Lipinski definition) is 4. The van der Waals surface area contributed by atoms with Crippen LogP contribution in [0.1, 0.15) is 34.9 Å². The SMILES string of the molecule is O=C1CCc2cc(-c3cccc(OC(=O)C4[C@@H](c5ccccc5)C(C(=O)O)[C@@H]4c4ccccc4)c3)ccc2N1. The predicted octanol–water partition coefficient (Wildman–Crippen LogP) is 6.04. The number of carboxylic acids is 1. The van der Waals surface area contributed by atoms with Gasteiger partial charge in [0.15, 0.2) is 0 Å². The van der Waals surface area contributed by atoms with Crippen molar-refractivity contribution >= 4 is 23.5 Å². The molecule has 0 bridgehead atoms. The van der Waals surface area contributed by atoms with Gasteiger partial charge in [0.2, 0.25) is 5.91 Å². The summed E-state index contributed by atoms with van der Waals surface area (Å²) in [4.78, 5) is 37.9. The molecule has 4 aromatic rings. The molecule has 0 unspecified atom stereocenters. The maximum atomic E-state index is 13.7. The van der Waals surface area contributed by atoms with Crippen LogP contribution in [0.5, 0.6) is 5.75 Å². The van der Waals surface area contributed by atoms with Gasteiger partial charge in [-0.1, -0.05) is 78.9 Å². The Morgan fingerprint density at radius 3 is 2.00 bits per heavy atom. The average Bonchev–Trinajstić information content (AvgIpc) is 2.93. The van der Waals surface area contributed by atoms with Crippen molar-refractivity contribution in [1.29, 1.82) is 0 Å². The molecule has 0 saturated heterocycles. The molecular formula is C33H27NO5. The van der Waals surface area contributed by atoms with Crippen LogP contribution in [0.25, 0.3) is 11.1 Å². The Labute approximate surface area is 226 Å². The van der Waals surface area contributed by atoms with Gasteiger partial charge >= 0.3 is 11.9 Å². The first-order chi connectivity index (χ1) is 19.0. The quantitative estimate of drug-likeness (QED) is 0.240. The van der Waals surface area contributed by atoms with Gasteiger partial charge < -0.3 is 15.2 Å². The molecular weight excluding hydrogens is 490 g/mol. The highest BCUT2D eigenvalue weighted by Gasteiger charge is 2.59. The zero-order valence-electron chi connectivity index (χ0n) is 21.1. The van der Waals surface area contributed by atoms with Gasteiger partial charge in [0.05, 0.1) is 11.8 Å². The number of aliphatic carboxylic acids is 1. The van der Waals surface area contributed by atoms with Crippen LogP contribution in [0.4, 0.5) is 5.69 Å². The minimum Gasteiger partial charge on any atom is -0.481 e. The van der Waals surface area contributed by atoms with E-state index in [9.17, 15) is 19.5 Å². The zero-order valence-corrected chi connectivity index (χ0v) is 21.1. The van der Waals surface area contributed by atoms with Crippen LogP contribution in [-0.4, -0.2) is 23.0 Å². The summed E-state index contributed by atoms with van der Waals surface area (Å²) < 4.78 is 5.95. The number of fused-ring (bicyclic) bond motifs is 1. The van der Waals surface area contributed by atoms with Crippen LogP contribution in [0.3, 0.4) is 0 Å². The summed E-state index contributed by atoms with van der Waals surface area (Å²) in [5.41, 5.74) is 5.37. The monoisotopic (exact) mass is 517 g/mol. The van der Waals surface area contributed by atoms with Gasteiger partial charge in [-0.25, -0.2) is 0 Å². The van der Waals surface area contributed by atoms with Crippen molar-refractivity contribution in [2.45, 2.75) is 24.7 Å². The lowest BCUT2D eigenvalue weighted by Crippen LogP contribution is -2.52. The van der Waals surface area contributed by atoms with Crippen LogP contribution < -0.4 is 10.1 Å². The molecule has 0 radical (unpaired) electrons. The molecule has 39 heavy (non-hydrogen) atoms. The fraction of sp³-hybridized carbons (Fsp3) is 0.182. The molecule has 6 nitrogen and oxygen atoms in total. The fourth-order valence-electron chi connectivity index (χ4n) is 6.01. The number of nitrogens with one attached hydrogen (secondary N) is 1. The summed E-state index contributed by atoms with van der Waals surface area (Å²) in [5, 5.41) is 13.1. The summed E-state index contributed by atoms with van der Waals surface area (Å²) in [5.74, 6) is -3.33. The van der Waals surface area contributed by atoms with Crippen molar-refractivity contribution in [1.82, 2.24) is 0 Å². The van der Waals surface area contributed by atoms with Gasteiger partial charge in [-0.2, -0.15) is 0 Å². The van der Waals surface area contributed by atoms with Crippen LogP contribution in [0, 0.1) is 11.8 Å². The average molecular weight is 518 g/mol. The minimum atomic E-state index is -0.924. The number of aryl methyl sites for hydroxylation is 1. The lowest BCUT2D eigenvalue weighted by molar-refractivity contribution is -0.158. The van der Waals surface area contributed by atoms with E-state index in [1.807, 2.05) is 91.0 Å². The summed E-state index contributed by atoms with van der Waals surface area (Å²) >= 11 is 0. The Hall–Kier alpha value is -4.71. The van der Waals surface area contributed by atoms with Crippen molar-refractivity contribution in [2.75, 3.05) is 5.32 Å². The van der Waals surface area contributed by atoms with E-state index in [0.717, 1.165) is 33.5 Å². The topological polar surface area (TPSA) is 92.7 Å². The number of benzene rings is 4. The molecule has 1 amide bonds. The number of amides is 1. The fourth-order valence-corrected chi connectivity index (χ4v) is 6.01. The zero-order chi connectivity index (χ0) is 26.9. The molecule has 6 heteroatoms. The second-order valence-electron chi connectivity index (χ2n) is 10.1. The third kappa shape index (κ3) is 4.70. The van der Waals surface area contributed by atoms with Crippen LogP contribution in [0.2, 0.25) is 0 Å². The van der Waals surface area contributed by atoms with E-state index in [0.29, 0.717) is 18.6 Å². The maximum Gasteiger partial charge on any atom is 0.315 e. The van der Waals surface area contributed by atoms with Gasteiger partial charge in [0, 0.05) is 23.9 Å². The van der Waals surface area contributed by atoms with Gasteiger partial charge in [-0.3, -0.25) is 14.4 Å². The molecule has 1 aliphatic carbocycles. The number of anilines is 1. The van der Waals surface area contributed by atoms with Gasteiger partial charge in [0.25, 0.3) is 0 Å². The van der Waals surface area contributed by atoms with E-state index in [2.05, 4.69) is 11.4 Å². The van der Waals surface area contributed by atoms with E-state index < -0.39 is 35.6 Å². The van der Waals surface area contributed by atoms with Crippen molar-refractivity contribution in [3.63, 3.8) is 0 Å². The van der Waals surface area contributed by atoms with Crippen LogP contribution in [0.15, 0.2) is 103 Å². The van der Waals surface area contributed by atoms with Gasteiger partial charge in [-0.15, -0.1) is 0 Å². The highest BCUT2D eigenvalue weighted by molar-refractivity contribution is 5.94. The summed E-state index contributed by atoms with van der Waals surface area (Å²) in [6.07, 6.45) is 1.13. The number of esters is 1. The summed E-state index contributed by atoms with van der Waals surface area (Å²) in [6.45, 7) is 0. The molecule has 4 aromatic carbocycles. The largest absolute Gasteiger partial charge is 0.481 e. The summed E-state index contributed by atoms with van der Waals surface area (Å²) in [7, 11) is 0. The second kappa shape index (κ2) is 10.2. The highest BCUT2D eigenvalue weighted by Crippen LogP contribution is 2.58. The number of carbonyl (C=O) groups excluding carboxylic acids is 2. The van der Waals surface area contributed by atoms with Crippen molar-refractivity contribution in [2.24, 2.45) is 11.8 Å². The van der Waals surface area contributed by atoms with E-state index in [1.54, 1.807) is 6.07 Å². The number of rotatable bonds is 6. The predicted molar refractivity (Wildman–Crippen MR) is 147 cm³/mol. The van der Waals surface area contributed by atoms with E-state index in [1.165, 1.54) is 0 Å². The Morgan fingerprint density at radius 2 is 1.36 bits per heavy atom. The third-order valence-electron chi connectivity index (χ3n) is 7.86. The Morgan fingerprint density at radius 1 is 0.718 bits per heavy atom. The molecule has 2 atom stereocenters. The molecule has 1 aliphatic heterocycles. The molecule has 194 valence electrons.